The Labute approximate surface area is 173 Å². The van der Waals surface area contributed by atoms with E-state index in [9.17, 15) is 17.6 Å². The Morgan fingerprint density at radius 1 is 0.966 bits per heavy atom. The molecule has 0 spiro atoms. The molecule has 5 nitrogen and oxygen atoms in total. The van der Waals surface area contributed by atoms with Crippen LogP contribution in [-0.4, -0.2) is 20.1 Å². The van der Waals surface area contributed by atoms with Gasteiger partial charge in [-0.15, -0.1) is 11.8 Å². The van der Waals surface area contributed by atoms with Gasteiger partial charge in [-0.3, -0.25) is 9.52 Å². The van der Waals surface area contributed by atoms with Gasteiger partial charge >= 0.3 is 0 Å². The molecule has 0 aliphatic rings. The van der Waals surface area contributed by atoms with Crippen LogP contribution < -0.4 is 10.0 Å². The van der Waals surface area contributed by atoms with Gasteiger partial charge in [-0.25, -0.2) is 12.8 Å². The Bertz CT molecular complexity index is 1100. The van der Waals surface area contributed by atoms with E-state index in [-0.39, 0.29) is 22.2 Å². The summed E-state index contributed by atoms with van der Waals surface area (Å²) in [5.41, 5.74) is 1.54. The minimum atomic E-state index is -3.66. The van der Waals surface area contributed by atoms with E-state index >= 15 is 0 Å². The highest BCUT2D eigenvalue weighted by Gasteiger charge is 2.14. The molecule has 0 unspecified atom stereocenters. The summed E-state index contributed by atoms with van der Waals surface area (Å²) >= 11 is 1.27. The molecule has 0 heterocycles. The maximum absolute atomic E-state index is 13.6. The predicted octanol–water partition coefficient (Wildman–Crippen LogP) is 4.67. The fourth-order valence-electron chi connectivity index (χ4n) is 2.45. The maximum atomic E-state index is 13.6. The number of carbonyl (C=O) groups is 1. The van der Waals surface area contributed by atoms with Gasteiger partial charge in [-0.1, -0.05) is 29.8 Å². The smallest absolute Gasteiger partial charge is 0.261 e. The molecule has 8 heteroatoms. The zero-order valence-electron chi connectivity index (χ0n) is 15.6. The first kappa shape index (κ1) is 20.9. The second-order valence-corrected chi connectivity index (χ2v) is 8.99. The number of para-hydroxylation sites is 1. The number of thioether (sulfide) groups is 1. The van der Waals surface area contributed by atoms with Crippen molar-refractivity contribution in [2.24, 2.45) is 0 Å². The fourth-order valence-corrected chi connectivity index (χ4v) is 4.21. The highest BCUT2D eigenvalue weighted by molar-refractivity contribution is 8.00. The Hall–Kier alpha value is -2.84. The van der Waals surface area contributed by atoms with Crippen LogP contribution >= 0.6 is 11.8 Å². The van der Waals surface area contributed by atoms with Crippen LogP contribution in [-0.2, 0) is 14.8 Å². The largest absolute Gasteiger partial charge is 0.323 e. The summed E-state index contributed by atoms with van der Waals surface area (Å²) in [7, 11) is -3.66. The lowest BCUT2D eigenvalue weighted by Crippen LogP contribution is -2.15. The second-order valence-electron chi connectivity index (χ2n) is 6.26. The number of benzene rings is 3. The number of anilines is 2. The van der Waals surface area contributed by atoms with Gasteiger partial charge < -0.3 is 5.32 Å². The van der Waals surface area contributed by atoms with Crippen LogP contribution in [0.5, 0.6) is 0 Å². The van der Waals surface area contributed by atoms with Crippen molar-refractivity contribution in [2.45, 2.75) is 16.7 Å². The Kier molecular flexibility index (Phi) is 6.56. The molecule has 0 aliphatic carbocycles. The van der Waals surface area contributed by atoms with E-state index in [0.29, 0.717) is 5.69 Å². The zero-order chi connectivity index (χ0) is 20.9. The Balaban J connectivity index is 1.56. The number of hydrogen-bond acceptors (Lipinski definition) is 4. The summed E-state index contributed by atoms with van der Waals surface area (Å²) in [4.78, 5) is 13.0. The van der Waals surface area contributed by atoms with Crippen LogP contribution in [0.2, 0.25) is 0 Å². The third kappa shape index (κ3) is 5.82. The van der Waals surface area contributed by atoms with E-state index in [1.54, 1.807) is 60.7 Å². The average Bonchev–Trinajstić information content (AvgIpc) is 2.69. The van der Waals surface area contributed by atoms with E-state index in [2.05, 4.69) is 10.0 Å². The van der Waals surface area contributed by atoms with Crippen molar-refractivity contribution in [3.63, 3.8) is 0 Å². The lowest BCUT2D eigenvalue weighted by molar-refractivity contribution is -0.113. The molecule has 3 aromatic rings. The van der Waals surface area contributed by atoms with Gasteiger partial charge in [0.15, 0.2) is 0 Å². The number of carbonyl (C=O) groups excluding carboxylic acids is 1. The number of hydrogen-bond donors (Lipinski definition) is 2. The van der Waals surface area contributed by atoms with Gasteiger partial charge in [0.25, 0.3) is 10.0 Å². The van der Waals surface area contributed by atoms with Crippen LogP contribution in [0.15, 0.2) is 82.6 Å². The van der Waals surface area contributed by atoms with Crippen molar-refractivity contribution in [1.29, 1.82) is 0 Å². The fraction of sp³-hybridized carbons (Fsp3) is 0.0952. The minimum absolute atomic E-state index is 0.1000. The topological polar surface area (TPSA) is 75.3 Å². The molecule has 150 valence electrons. The van der Waals surface area contributed by atoms with Gasteiger partial charge in [0.05, 0.1) is 16.3 Å². The zero-order valence-corrected chi connectivity index (χ0v) is 17.2. The van der Waals surface area contributed by atoms with Crippen molar-refractivity contribution in [1.82, 2.24) is 0 Å². The summed E-state index contributed by atoms with van der Waals surface area (Å²) < 4.78 is 40.9. The number of sulfonamides is 1. The summed E-state index contributed by atoms with van der Waals surface area (Å²) in [5, 5.41) is 2.52. The number of halogens is 1. The Morgan fingerprint density at radius 2 is 1.62 bits per heavy atom. The maximum Gasteiger partial charge on any atom is 0.261 e. The predicted molar refractivity (Wildman–Crippen MR) is 114 cm³/mol. The number of nitrogens with one attached hydrogen (secondary N) is 2. The summed E-state index contributed by atoms with van der Waals surface area (Å²) in [6.07, 6.45) is 0. The molecule has 0 bridgehead atoms. The molecule has 0 aromatic heterocycles. The Morgan fingerprint density at radius 3 is 2.28 bits per heavy atom. The van der Waals surface area contributed by atoms with E-state index in [0.717, 1.165) is 10.5 Å². The molecule has 0 fully saturated rings. The van der Waals surface area contributed by atoms with Crippen molar-refractivity contribution < 1.29 is 17.6 Å². The summed E-state index contributed by atoms with van der Waals surface area (Å²) in [6.45, 7) is 1.89. The third-order valence-electron chi connectivity index (χ3n) is 3.96. The minimum Gasteiger partial charge on any atom is -0.323 e. The molecule has 0 aliphatic heterocycles. The van der Waals surface area contributed by atoms with E-state index in [4.69, 9.17) is 0 Å². The first-order valence-electron chi connectivity index (χ1n) is 8.70. The van der Waals surface area contributed by atoms with E-state index in [1.165, 1.54) is 23.9 Å². The van der Waals surface area contributed by atoms with Gasteiger partial charge in [0.1, 0.15) is 5.82 Å². The first-order chi connectivity index (χ1) is 13.8. The van der Waals surface area contributed by atoms with Gasteiger partial charge in [0, 0.05) is 10.6 Å². The van der Waals surface area contributed by atoms with E-state index < -0.39 is 15.8 Å². The van der Waals surface area contributed by atoms with Gasteiger partial charge in [-0.05, 0) is 55.5 Å². The van der Waals surface area contributed by atoms with Gasteiger partial charge in [-0.2, -0.15) is 0 Å². The molecular weight excluding hydrogens is 411 g/mol. The van der Waals surface area contributed by atoms with Crippen LogP contribution in [0.3, 0.4) is 0 Å². The molecule has 2 N–H and O–H groups in total. The lowest BCUT2D eigenvalue weighted by Gasteiger charge is -2.09. The second kappa shape index (κ2) is 9.11. The lowest BCUT2D eigenvalue weighted by atomic mass is 10.2. The molecule has 0 saturated carbocycles. The normalized spacial score (nSPS) is 11.1. The summed E-state index contributed by atoms with van der Waals surface area (Å²) in [6, 6.07) is 19.2. The monoisotopic (exact) mass is 430 g/mol. The summed E-state index contributed by atoms with van der Waals surface area (Å²) in [5.74, 6) is -0.719. The van der Waals surface area contributed by atoms with E-state index in [1.807, 2.05) is 6.92 Å². The number of rotatable bonds is 7. The molecular formula is C21H19FN2O3S2. The molecule has 3 aromatic carbocycles. The van der Waals surface area contributed by atoms with Crippen molar-refractivity contribution in [3.05, 3.63) is 84.2 Å². The van der Waals surface area contributed by atoms with Crippen LogP contribution in [0.4, 0.5) is 15.8 Å². The SMILES string of the molecule is Cc1ccc(S(=O)(=O)Nc2ccc(SCC(=O)Nc3ccccc3F)cc2)cc1. The number of aryl methyl sites for hydroxylation is 1. The quantitative estimate of drug-likeness (QED) is 0.535. The molecule has 29 heavy (non-hydrogen) atoms. The molecule has 1 amide bonds. The van der Waals surface area contributed by atoms with Crippen molar-refractivity contribution in [3.8, 4) is 0 Å². The average molecular weight is 431 g/mol. The van der Waals surface area contributed by atoms with Crippen molar-refractivity contribution >= 4 is 39.1 Å². The standard InChI is InChI=1S/C21H19FN2O3S2/c1-15-6-12-18(13-7-15)29(26,27)24-16-8-10-17(11-9-16)28-14-21(25)23-20-5-3-2-4-19(20)22/h2-13,24H,14H2,1H3,(H,23,25). The van der Waals surface area contributed by atoms with Gasteiger partial charge in [0.2, 0.25) is 5.91 Å². The highest BCUT2D eigenvalue weighted by Crippen LogP contribution is 2.23. The van der Waals surface area contributed by atoms with Crippen molar-refractivity contribution in [2.75, 3.05) is 15.8 Å². The molecule has 0 saturated heterocycles. The van der Waals surface area contributed by atoms with Crippen LogP contribution in [0.1, 0.15) is 5.56 Å². The molecule has 0 atom stereocenters. The van der Waals surface area contributed by atoms with Crippen LogP contribution in [0, 0.1) is 12.7 Å². The molecule has 0 radical (unpaired) electrons. The first-order valence-corrected chi connectivity index (χ1v) is 11.2. The highest BCUT2D eigenvalue weighted by atomic mass is 32.2. The van der Waals surface area contributed by atoms with Crippen LogP contribution in [0.25, 0.3) is 0 Å². The third-order valence-corrected chi connectivity index (χ3v) is 6.36. The molecule has 3 rings (SSSR count). The number of amides is 1.